The number of hydrogen-bond donors (Lipinski definition) is 1. The highest BCUT2D eigenvalue weighted by Crippen LogP contribution is 2.39. The Morgan fingerprint density at radius 2 is 1.94 bits per heavy atom. The van der Waals surface area contributed by atoms with Crippen LogP contribution in [0.15, 0.2) is 6.07 Å². The van der Waals surface area contributed by atoms with E-state index in [0.29, 0.717) is 0 Å². The third-order valence-corrected chi connectivity index (χ3v) is 2.27. The molecule has 0 spiro atoms. The van der Waals surface area contributed by atoms with Crippen molar-refractivity contribution in [3.8, 4) is 5.75 Å². The van der Waals surface area contributed by atoms with Crippen LogP contribution < -0.4 is 0 Å². The number of alkyl halides is 6. The van der Waals surface area contributed by atoms with Crippen LogP contribution >= 0.6 is 15.9 Å². The van der Waals surface area contributed by atoms with Crippen molar-refractivity contribution >= 4 is 15.9 Å². The van der Waals surface area contributed by atoms with Crippen LogP contribution in [0.4, 0.5) is 22.0 Å². The lowest BCUT2D eigenvalue weighted by Gasteiger charge is -2.12. The molecule has 0 aliphatic rings. The van der Waals surface area contributed by atoms with Crippen molar-refractivity contribution in [2.75, 3.05) is 0 Å². The lowest BCUT2D eigenvalue weighted by Crippen LogP contribution is -2.09. The van der Waals surface area contributed by atoms with Crippen LogP contribution in [0.5, 0.6) is 5.75 Å². The van der Waals surface area contributed by atoms with Gasteiger partial charge < -0.3 is 5.11 Å². The second kappa shape index (κ2) is 4.52. The fourth-order valence-electron chi connectivity index (χ4n) is 1.03. The lowest BCUT2D eigenvalue weighted by molar-refractivity contribution is -0.139. The summed E-state index contributed by atoms with van der Waals surface area (Å²) in [6.07, 6.45) is -8.02. The molecule has 0 saturated heterocycles. The maximum absolute atomic E-state index is 12.4. The molecule has 8 heteroatoms. The van der Waals surface area contributed by atoms with E-state index < -0.39 is 35.3 Å². The molecule has 1 aromatic heterocycles. The zero-order valence-corrected chi connectivity index (χ0v) is 9.11. The summed E-state index contributed by atoms with van der Waals surface area (Å²) in [5.74, 6) is -1.13. The molecule has 0 aliphatic heterocycles. The standard InChI is InChI=1S/C8H5BrF5NO/c9-2-5-6(16)3(8(12,13)14)1-4(15-5)7(10)11/h1,7,16H,2H2. The quantitative estimate of drug-likeness (QED) is 0.668. The molecule has 0 radical (unpaired) electrons. The van der Waals surface area contributed by atoms with E-state index in [1.165, 1.54) is 0 Å². The monoisotopic (exact) mass is 305 g/mol. The van der Waals surface area contributed by atoms with Crippen molar-refractivity contribution < 1.29 is 27.1 Å². The number of halogens is 6. The number of pyridine rings is 1. The average molecular weight is 306 g/mol. The summed E-state index contributed by atoms with van der Waals surface area (Å²) in [6.45, 7) is 0. The summed E-state index contributed by atoms with van der Waals surface area (Å²) in [6, 6.07) is 0.145. The van der Waals surface area contributed by atoms with E-state index >= 15 is 0 Å². The number of aromatic hydroxyl groups is 1. The highest BCUT2D eigenvalue weighted by molar-refractivity contribution is 9.08. The van der Waals surface area contributed by atoms with Crippen LogP contribution in [-0.4, -0.2) is 10.1 Å². The van der Waals surface area contributed by atoms with Gasteiger partial charge in [0.05, 0.1) is 5.69 Å². The zero-order chi connectivity index (χ0) is 12.5. The highest BCUT2D eigenvalue weighted by Gasteiger charge is 2.36. The molecule has 0 amide bonds. The van der Waals surface area contributed by atoms with Gasteiger partial charge >= 0.3 is 6.18 Å². The van der Waals surface area contributed by atoms with Crippen LogP contribution in [-0.2, 0) is 11.5 Å². The van der Waals surface area contributed by atoms with Crippen LogP contribution in [0, 0.1) is 0 Å². The van der Waals surface area contributed by atoms with E-state index in [1.54, 1.807) is 0 Å². The molecule has 0 aliphatic carbocycles. The molecule has 0 bridgehead atoms. The van der Waals surface area contributed by atoms with Crippen LogP contribution in [0.25, 0.3) is 0 Å². The van der Waals surface area contributed by atoms with E-state index in [-0.39, 0.29) is 11.4 Å². The van der Waals surface area contributed by atoms with Gasteiger partial charge in [0.15, 0.2) is 0 Å². The predicted molar refractivity (Wildman–Crippen MR) is 48.5 cm³/mol. The van der Waals surface area contributed by atoms with Gasteiger partial charge in [-0.2, -0.15) is 13.2 Å². The van der Waals surface area contributed by atoms with Crippen LogP contribution in [0.3, 0.4) is 0 Å². The molecule has 1 heterocycles. The Balaban J connectivity index is 3.42. The topological polar surface area (TPSA) is 33.1 Å². The first-order chi connectivity index (χ1) is 7.27. The average Bonchev–Trinajstić information content (AvgIpc) is 2.15. The minimum absolute atomic E-state index is 0.145. The van der Waals surface area contributed by atoms with Crippen molar-refractivity contribution in [3.63, 3.8) is 0 Å². The Bertz CT molecular complexity index is 393. The minimum atomic E-state index is -4.90. The van der Waals surface area contributed by atoms with E-state index in [0.717, 1.165) is 0 Å². The summed E-state index contributed by atoms with van der Waals surface area (Å²) in [4.78, 5) is 3.22. The van der Waals surface area contributed by atoms with Gasteiger partial charge in [-0.25, -0.2) is 13.8 Å². The van der Waals surface area contributed by atoms with Crippen molar-refractivity contribution in [2.45, 2.75) is 17.9 Å². The first-order valence-electron chi connectivity index (χ1n) is 3.91. The van der Waals surface area contributed by atoms with E-state index in [9.17, 15) is 27.1 Å². The van der Waals surface area contributed by atoms with Gasteiger partial charge in [0, 0.05) is 5.33 Å². The van der Waals surface area contributed by atoms with E-state index in [2.05, 4.69) is 20.9 Å². The van der Waals surface area contributed by atoms with Gasteiger partial charge in [0.2, 0.25) is 0 Å². The van der Waals surface area contributed by atoms with Gasteiger partial charge in [-0.1, -0.05) is 15.9 Å². The Kier molecular flexibility index (Phi) is 3.72. The molecule has 2 nitrogen and oxygen atoms in total. The zero-order valence-electron chi connectivity index (χ0n) is 7.52. The highest BCUT2D eigenvalue weighted by atomic mass is 79.9. The van der Waals surface area contributed by atoms with E-state index in [4.69, 9.17) is 0 Å². The van der Waals surface area contributed by atoms with Crippen molar-refractivity contribution in [2.24, 2.45) is 0 Å². The summed E-state index contributed by atoms with van der Waals surface area (Å²) < 4.78 is 61.6. The normalized spacial score (nSPS) is 12.2. The first kappa shape index (κ1) is 13.1. The third kappa shape index (κ3) is 2.60. The Hall–Kier alpha value is -0.920. The van der Waals surface area contributed by atoms with Gasteiger partial charge in [-0.15, -0.1) is 0 Å². The fraction of sp³-hybridized carbons (Fsp3) is 0.375. The molecule has 1 aromatic rings. The molecule has 0 aromatic carbocycles. The lowest BCUT2D eigenvalue weighted by atomic mass is 10.1. The maximum Gasteiger partial charge on any atom is 0.420 e. The van der Waals surface area contributed by atoms with E-state index in [1.807, 2.05) is 0 Å². The van der Waals surface area contributed by atoms with Crippen molar-refractivity contribution in [1.29, 1.82) is 0 Å². The second-order valence-corrected chi connectivity index (χ2v) is 3.38. The Labute approximate surface area is 95.2 Å². The fourth-order valence-corrected chi connectivity index (χ4v) is 1.42. The van der Waals surface area contributed by atoms with Gasteiger partial charge in [0.1, 0.15) is 17.0 Å². The number of nitrogens with zero attached hydrogens (tertiary/aromatic N) is 1. The number of rotatable bonds is 2. The van der Waals surface area contributed by atoms with Gasteiger partial charge in [0.25, 0.3) is 6.43 Å². The second-order valence-electron chi connectivity index (χ2n) is 2.82. The van der Waals surface area contributed by atoms with Gasteiger partial charge in [-0.05, 0) is 6.07 Å². The summed E-state index contributed by atoms with van der Waals surface area (Å²) in [5.41, 5.74) is -2.99. The summed E-state index contributed by atoms with van der Waals surface area (Å²) in [7, 11) is 0. The molecule has 0 unspecified atom stereocenters. The minimum Gasteiger partial charge on any atom is -0.505 e. The molecular formula is C8H5BrF5NO. The molecule has 1 N–H and O–H groups in total. The SMILES string of the molecule is Oc1c(C(F)(F)F)cc(C(F)F)nc1CBr. The molecule has 90 valence electrons. The molecule has 16 heavy (non-hydrogen) atoms. The van der Waals surface area contributed by atoms with Gasteiger partial charge in [-0.3, -0.25) is 0 Å². The summed E-state index contributed by atoms with van der Waals surface area (Å²) >= 11 is 2.76. The summed E-state index contributed by atoms with van der Waals surface area (Å²) in [5, 5.41) is 8.93. The molecule has 1 rings (SSSR count). The molecule has 0 fully saturated rings. The largest absolute Gasteiger partial charge is 0.505 e. The third-order valence-electron chi connectivity index (χ3n) is 1.74. The molecule has 0 atom stereocenters. The maximum atomic E-state index is 12.4. The Morgan fingerprint density at radius 1 is 1.38 bits per heavy atom. The molecule has 0 saturated carbocycles. The molecular weight excluding hydrogens is 301 g/mol. The first-order valence-corrected chi connectivity index (χ1v) is 5.03. The number of aromatic nitrogens is 1. The number of hydrogen-bond acceptors (Lipinski definition) is 2. The van der Waals surface area contributed by atoms with Crippen LogP contribution in [0.2, 0.25) is 0 Å². The van der Waals surface area contributed by atoms with Crippen molar-refractivity contribution in [1.82, 2.24) is 4.98 Å². The predicted octanol–water partition coefficient (Wildman–Crippen LogP) is 3.64. The smallest absolute Gasteiger partial charge is 0.420 e. The van der Waals surface area contributed by atoms with Crippen LogP contribution in [0.1, 0.15) is 23.4 Å². The Morgan fingerprint density at radius 3 is 2.31 bits per heavy atom. The van der Waals surface area contributed by atoms with Crippen molar-refractivity contribution in [3.05, 3.63) is 23.0 Å².